The molecule has 64 heavy (non-hydrogen) atoms. The highest BCUT2D eigenvalue weighted by Gasteiger charge is 2.33. The fourth-order valence-corrected chi connectivity index (χ4v) is 9.45. The van der Waals surface area contributed by atoms with E-state index >= 15 is 0 Å². The van der Waals surface area contributed by atoms with Crippen molar-refractivity contribution in [3.05, 3.63) is 121 Å². The molecule has 3 atom stereocenters. The average Bonchev–Trinajstić information content (AvgIpc) is 4.15. The Morgan fingerprint density at radius 3 is 1.72 bits per heavy atom. The molecule has 6 aliphatic rings. The zero-order chi connectivity index (χ0) is 43.8. The van der Waals surface area contributed by atoms with Crippen LogP contribution in [-0.2, 0) is 4.79 Å². The Morgan fingerprint density at radius 1 is 0.703 bits per heavy atom. The number of piperazine rings is 1. The summed E-state index contributed by atoms with van der Waals surface area (Å²) in [6, 6.07) is 19.8. The molecule has 2 saturated heterocycles. The number of nitrogens with zero attached hydrogens (tertiary/aromatic N) is 7. The number of carbonyl (C=O) groups is 2. The molecule has 10 rings (SSSR count). The molecule has 3 amide bonds. The average molecular weight is 904 g/mol. The minimum atomic E-state index is -0.0509. The van der Waals surface area contributed by atoms with Gasteiger partial charge in [-0.2, -0.15) is 10.2 Å². The Bertz CT molecular complexity index is 2310. The van der Waals surface area contributed by atoms with Gasteiger partial charge >= 0.3 is 6.03 Å². The minimum Gasteiger partial charge on any atom is -0.326 e. The lowest BCUT2D eigenvalue weighted by atomic mass is 9.99. The fourth-order valence-electron chi connectivity index (χ4n) is 7.71. The predicted octanol–water partition coefficient (Wildman–Crippen LogP) is 2.82. The standard InChI is InChI=1S/C22H26N8OS.C21H25N9OS/c1-15-11-19(28-27-15)26-21-14-29(13-20-24-9-10-30(20)21)32-18-6-4-17(5-7-18)25-22(31)16-3-2-8-23-12-16;1-15-12-18(27-26-15)25-20-14-29(13-19-23-8-11-30(19)20)32-17-4-2-16(3-5-17)24-21(31)28-9-6-22-7-10-28/h4-7,9-11,14,16,23H,2-3,8,12-13H2,1H3,(H,25,31)(H2,26,27,28);2-5,8,11-12,14,22H,6-7,9-10,13H2,1H3,(H,24,31)(H2,25,26,27)/p+2. The summed E-state index contributed by atoms with van der Waals surface area (Å²) >= 11 is 3.26. The number of amides is 3. The van der Waals surface area contributed by atoms with Gasteiger partial charge in [0.2, 0.25) is 29.2 Å². The lowest BCUT2D eigenvalue weighted by molar-refractivity contribution is -0.699. The van der Waals surface area contributed by atoms with E-state index in [-0.39, 0.29) is 17.9 Å². The summed E-state index contributed by atoms with van der Waals surface area (Å²) in [5.41, 5.74) is 3.63. The van der Waals surface area contributed by atoms with Gasteiger partial charge in [0.15, 0.2) is 11.6 Å². The third-order valence-corrected chi connectivity index (χ3v) is 12.9. The van der Waals surface area contributed by atoms with Gasteiger partial charge in [-0.3, -0.25) is 34.2 Å². The zero-order valence-electron chi connectivity index (χ0n) is 35.6. The molecule has 2 aromatic heterocycles. The molecule has 2 fully saturated rings. The number of rotatable bonds is 11. The second-order valence-corrected chi connectivity index (χ2v) is 18.1. The van der Waals surface area contributed by atoms with E-state index in [1.807, 2.05) is 104 Å². The summed E-state index contributed by atoms with van der Waals surface area (Å²) in [6.45, 7) is 10.3. The molecule has 19 nitrogen and oxygen atoms in total. The van der Waals surface area contributed by atoms with Crippen molar-refractivity contribution >= 4 is 70.5 Å². The molecular weight excluding hydrogens is 851 g/mol. The molecule has 0 aliphatic carbocycles. The third kappa shape index (κ3) is 10.9. The number of H-pyrrole nitrogens is 2. The Balaban J connectivity index is 0.000000162. The predicted molar refractivity (Wildman–Crippen MR) is 251 cm³/mol. The number of fused-ring (bicyclic) bond motifs is 2. The number of aromatic nitrogens is 4. The first kappa shape index (κ1) is 42.9. The number of hydrogen-bond acceptors (Lipinski definition) is 14. The van der Waals surface area contributed by atoms with E-state index in [1.165, 1.54) is 0 Å². The summed E-state index contributed by atoms with van der Waals surface area (Å²) < 4.78 is 4.30. The molecule has 332 valence electrons. The van der Waals surface area contributed by atoms with Crippen LogP contribution < -0.4 is 41.7 Å². The number of nitrogens with one attached hydrogen (secondary N) is 10. The molecule has 10 N–H and O–H groups in total. The lowest BCUT2D eigenvalue weighted by Gasteiger charge is -2.28. The van der Waals surface area contributed by atoms with Crippen LogP contribution in [0.1, 0.15) is 24.2 Å². The van der Waals surface area contributed by atoms with Gasteiger partial charge in [0.1, 0.15) is 25.5 Å². The Hall–Kier alpha value is -6.36. The Morgan fingerprint density at radius 2 is 1.23 bits per heavy atom. The van der Waals surface area contributed by atoms with Crippen molar-refractivity contribution in [3.63, 3.8) is 0 Å². The first-order valence-corrected chi connectivity index (χ1v) is 22.9. The fraction of sp³-hybridized carbons (Fsp3) is 0.302. The van der Waals surface area contributed by atoms with E-state index in [2.05, 4.69) is 83.3 Å². The normalized spacial score (nSPS) is 21.1. The maximum atomic E-state index is 12.5. The van der Waals surface area contributed by atoms with Gasteiger partial charge in [-0.1, -0.05) is 0 Å². The van der Waals surface area contributed by atoms with Gasteiger partial charge < -0.3 is 26.2 Å². The van der Waals surface area contributed by atoms with E-state index in [0.29, 0.717) is 13.1 Å². The van der Waals surface area contributed by atoms with Gasteiger partial charge in [0.05, 0.1) is 30.7 Å². The van der Waals surface area contributed by atoms with Crippen molar-refractivity contribution in [1.29, 1.82) is 0 Å². The summed E-state index contributed by atoms with van der Waals surface area (Å²) in [5.74, 6) is 5.67. The molecule has 0 spiro atoms. The van der Waals surface area contributed by atoms with Gasteiger partial charge in [-0.05, 0) is 106 Å². The molecule has 8 heterocycles. The largest absolute Gasteiger partial charge is 0.326 e. The number of hydrogen-bond donors (Lipinski definition) is 10. The van der Waals surface area contributed by atoms with Gasteiger partial charge in [0.25, 0.3) is 0 Å². The maximum Gasteiger partial charge on any atom is 0.321 e. The van der Waals surface area contributed by atoms with Crippen molar-refractivity contribution in [2.45, 2.75) is 36.5 Å². The van der Waals surface area contributed by atoms with Crippen molar-refractivity contribution in [2.24, 2.45) is 15.9 Å². The highest BCUT2D eigenvalue weighted by Crippen LogP contribution is 2.28. The summed E-state index contributed by atoms with van der Waals surface area (Å²) in [7, 11) is 0. The quantitative estimate of drug-likeness (QED) is 0.0988. The second-order valence-electron chi connectivity index (χ2n) is 15.9. The van der Waals surface area contributed by atoms with Crippen molar-refractivity contribution in [1.82, 2.24) is 44.5 Å². The monoisotopic (exact) mass is 903 g/mol. The van der Waals surface area contributed by atoms with Crippen LogP contribution in [0.4, 0.5) is 27.8 Å². The molecule has 3 unspecified atom stereocenters. The van der Waals surface area contributed by atoms with Crippen molar-refractivity contribution in [3.8, 4) is 0 Å². The van der Waals surface area contributed by atoms with Crippen LogP contribution in [0.25, 0.3) is 0 Å². The van der Waals surface area contributed by atoms with E-state index < -0.39 is 0 Å². The topological polar surface area (TPSA) is 207 Å². The number of aromatic amines is 2. The molecular formula is C43H53N17O2S2+2. The van der Waals surface area contributed by atoms with Crippen LogP contribution in [-0.4, -0.2) is 110 Å². The van der Waals surface area contributed by atoms with Crippen molar-refractivity contribution in [2.75, 3.05) is 73.6 Å². The number of amidine groups is 2. The highest BCUT2D eigenvalue weighted by molar-refractivity contribution is 7.97. The lowest BCUT2D eigenvalue weighted by Crippen LogP contribution is -3.10. The number of aliphatic imine (C=N–C) groups is 2. The number of quaternary nitrogens is 2. The molecule has 21 heteroatoms. The number of anilines is 4. The number of piperidine rings is 1. The van der Waals surface area contributed by atoms with E-state index in [9.17, 15) is 9.59 Å². The molecule has 0 saturated carbocycles. The van der Waals surface area contributed by atoms with Crippen LogP contribution in [0.5, 0.6) is 0 Å². The zero-order valence-corrected chi connectivity index (χ0v) is 37.3. The highest BCUT2D eigenvalue weighted by atomic mass is 32.2. The Labute approximate surface area is 379 Å². The smallest absolute Gasteiger partial charge is 0.321 e. The van der Waals surface area contributed by atoms with E-state index in [1.54, 1.807) is 23.9 Å². The minimum absolute atomic E-state index is 0.0479. The van der Waals surface area contributed by atoms with Gasteiger partial charge in [-0.15, -0.1) is 0 Å². The second kappa shape index (κ2) is 20.0. The van der Waals surface area contributed by atoms with Gasteiger partial charge in [-0.25, -0.2) is 24.6 Å². The SMILES string of the molecule is Cc1cc(NC2=CN(Sc3ccc(NC(=O)C4CCCNC4)cc3)CC3=NC=C[NH+]23)n[nH]1.Cc1cc(NC2=CN(Sc3ccc(NC(=O)N4CCNCC4)cc3)CC3=NC=C[NH+]23)n[nH]1. The number of aryl methyl sites for hydroxylation is 2. The van der Waals surface area contributed by atoms with Crippen LogP contribution in [0.3, 0.4) is 0 Å². The molecule has 2 aromatic carbocycles. The Kier molecular flexibility index (Phi) is 13.4. The third-order valence-electron chi connectivity index (χ3n) is 11.0. The van der Waals surface area contributed by atoms with E-state index in [0.717, 1.165) is 129 Å². The molecule has 4 aromatic rings. The first-order chi connectivity index (χ1) is 31.3. The number of urea groups is 1. The van der Waals surface area contributed by atoms with Crippen LogP contribution in [0.2, 0.25) is 0 Å². The number of benzene rings is 2. The summed E-state index contributed by atoms with van der Waals surface area (Å²) in [5, 5.41) is 33.8. The molecule has 0 radical (unpaired) electrons. The van der Waals surface area contributed by atoms with E-state index in [4.69, 9.17) is 0 Å². The molecule has 0 bridgehead atoms. The van der Waals surface area contributed by atoms with Gasteiger partial charge in [0, 0.05) is 77.4 Å². The maximum absolute atomic E-state index is 12.5. The van der Waals surface area contributed by atoms with Crippen LogP contribution in [0.15, 0.2) is 129 Å². The molecule has 6 aliphatic heterocycles. The first-order valence-electron chi connectivity index (χ1n) is 21.4. The van der Waals surface area contributed by atoms with Crippen LogP contribution >= 0.6 is 23.9 Å². The summed E-state index contributed by atoms with van der Waals surface area (Å²) in [6.07, 6.45) is 13.9. The van der Waals surface area contributed by atoms with Crippen molar-refractivity contribution < 1.29 is 19.4 Å². The number of carbonyl (C=O) groups excluding carboxylic acids is 2. The summed E-state index contributed by atoms with van der Waals surface area (Å²) in [4.78, 5) is 40.1. The van der Waals surface area contributed by atoms with Crippen LogP contribution in [0, 0.1) is 19.8 Å².